The molecule has 1 fully saturated rings. The monoisotopic (exact) mass is 497 g/mol. The minimum Gasteiger partial charge on any atom is -0.506 e. The van der Waals surface area contributed by atoms with Crippen LogP contribution in [0.4, 0.5) is 4.39 Å². The minimum atomic E-state index is -1.54. The maximum atomic E-state index is 13.5. The van der Waals surface area contributed by atoms with Crippen LogP contribution in [0.25, 0.3) is 33.3 Å². The van der Waals surface area contributed by atoms with Crippen molar-refractivity contribution < 1.29 is 19.4 Å². The molecular weight excluding hydrogens is 473 g/mol. The summed E-state index contributed by atoms with van der Waals surface area (Å²) in [4.78, 5) is 29.3. The first-order valence-electron chi connectivity index (χ1n) is 11.1. The molecular formula is C26H25ClFN3O4. The van der Waals surface area contributed by atoms with Crippen molar-refractivity contribution in [3.05, 3.63) is 76.0 Å². The molecule has 35 heavy (non-hydrogen) atoms. The number of aromatic carboxylic acids is 1. The number of aromatic nitrogens is 2. The number of nitrogens with one attached hydrogen (secondary N) is 1. The summed E-state index contributed by atoms with van der Waals surface area (Å²) in [6, 6.07) is 13.1. The number of aromatic amines is 1. The molecule has 0 saturated carbocycles. The highest BCUT2D eigenvalue weighted by molar-refractivity contribution is 5.98. The van der Waals surface area contributed by atoms with Gasteiger partial charge in [-0.3, -0.25) is 9.69 Å². The molecule has 1 saturated heterocycles. The molecule has 1 aliphatic rings. The van der Waals surface area contributed by atoms with Crippen LogP contribution in [0.15, 0.2) is 53.3 Å². The Morgan fingerprint density at radius 3 is 2.37 bits per heavy atom. The molecule has 3 heterocycles. The fourth-order valence-corrected chi connectivity index (χ4v) is 4.79. The summed E-state index contributed by atoms with van der Waals surface area (Å²) in [5.74, 6) is -2.66. The van der Waals surface area contributed by atoms with Crippen LogP contribution in [0.1, 0.15) is 28.9 Å². The fraction of sp³-hybridized carbons (Fsp3) is 0.231. The van der Waals surface area contributed by atoms with Crippen LogP contribution in [0.2, 0.25) is 0 Å². The van der Waals surface area contributed by atoms with E-state index < -0.39 is 28.7 Å². The van der Waals surface area contributed by atoms with Crippen molar-refractivity contribution in [1.82, 2.24) is 14.5 Å². The van der Waals surface area contributed by atoms with Crippen molar-refractivity contribution >= 4 is 29.3 Å². The molecule has 4 aromatic rings. The summed E-state index contributed by atoms with van der Waals surface area (Å²) in [7, 11) is 2.02. The van der Waals surface area contributed by atoms with Crippen LogP contribution in [0.5, 0.6) is 5.75 Å². The molecule has 0 bridgehead atoms. The molecule has 0 unspecified atom stereocenters. The lowest BCUT2D eigenvalue weighted by atomic mass is 9.96. The first-order valence-corrected chi connectivity index (χ1v) is 11.1. The van der Waals surface area contributed by atoms with E-state index in [0.717, 1.165) is 30.5 Å². The number of nitrogens with zero attached hydrogens (tertiary/aromatic N) is 2. The highest BCUT2D eigenvalue weighted by Gasteiger charge is 2.24. The van der Waals surface area contributed by atoms with Gasteiger partial charge in [0.25, 0.3) is 5.56 Å². The van der Waals surface area contributed by atoms with Gasteiger partial charge in [-0.15, -0.1) is 12.4 Å². The highest BCUT2D eigenvalue weighted by Crippen LogP contribution is 2.39. The van der Waals surface area contributed by atoms with Gasteiger partial charge < -0.3 is 19.8 Å². The second-order valence-electron chi connectivity index (χ2n) is 8.69. The maximum Gasteiger partial charge on any atom is 0.345 e. The molecule has 2 aromatic carbocycles. The number of rotatable bonds is 5. The second kappa shape index (κ2) is 9.56. The number of hydrogen-bond acceptors (Lipinski definition) is 4. The van der Waals surface area contributed by atoms with Crippen LogP contribution in [0, 0.1) is 5.82 Å². The number of carboxylic acid groups (broad SMARTS) is 1. The summed E-state index contributed by atoms with van der Waals surface area (Å²) in [5.41, 5.74) is 1.92. The van der Waals surface area contributed by atoms with E-state index in [1.54, 1.807) is 0 Å². The number of carboxylic acids is 1. The summed E-state index contributed by atoms with van der Waals surface area (Å²) in [6.07, 6.45) is 2.42. The standard InChI is InChI=1S/C26H24FN3O4.ClH/c1-29-19(14-30-10-2-3-11-30)13-17-12-16(6-9-20(17)29)23-21(15-4-7-18(27)8-5-15)24(31)22(26(33)34)25(32)28-23;/h4-9,12-13H,2-3,10-11,14H2,1H3,(H,33,34)(H2,28,31,32);1H. The molecule has 0 amide bonds. The van der Waals surface area contributed by atoms with Crippen LogP contribution in [-0.4, -0.2) is 43.7 Å². The predicted molar refractivity (Wildman–Crippen MR) is 135 cm³/mol. The van der Waals surface area contributed by atoms with E-state index in [4.69, 9.17) is 0 Å². The summed E-state index contributed by atoms with van der Waals surface area (Å²) < 4.78 is 15.7. The fourth-order valence-electron chi connectivity index (χ4n) is 4.79. The molecule has 0 aliphatic carbocycles. The number of aromatic hydroxyl groups is 1. The van der Waals surface area contributed by atoms with Gasteiger partial charge in [-0.05, 0) is 67.4 Å². The van der Waals surface area contributed by atoms with Crippen molar-refractivity contribution in [2.24, 2.45) is 7.05 Å². The third kappa shape index (κ3) is 4.42. The Morgan fingerprint density at radius 2 is 1.71 bits per heavy atom. The van der Waals surface area contributed by atoms with Gasteiger partial charge in [0.05, 0.1) is 5.69 Å². The van der Waals surface area contributed by atoms with Gasteiger partial charge in [0.2, 0.25) is 0 Å². The third-order valence-corrected chi connectivity index (χ3v) is 6.55. The molecule has 182 valence electrons. The van der Waals surface area contributed by atoms with Crippen molar-refractivity contribution in [2.45, 2.75) is 19.4 Å². The lowest BCUT2D eigenvalue weighted by Crippen LogP contribution is -2.19. The lowest BCUT2D eigenvalue weighted by molar-refractivity contribution is 0.0692. The first kappa shape index (κ1) is 24.5. The van der Waals surface area contributed by atoms with E-state index in [1.165, 1.54) is 42.8 Å². The van der Waals surface area contributed by atoms with Gasteiger partial charge in [0.15, 0.2) is 5.56 Å². The van der Waals surface area contributed by atoms with Gasteiger partial charge in [-0.2, -0.15) is 0 Å². The average molecular weight is 498 g/mol. The average Bonchev–Trinajstić information content (AvgIpc) is 3.42. The molecule has 5 rings (SSSR count). The summed E-state index contributed by atoms with van der Waals surface area (Å²) in [5, 5.41) is 21.2. The normalized spacial score (nSPS) is 13.8. The number of halogens is 2. The Hall–Kier alpha value is -3.62. The van der Waals surface area contributed by atoms with Crippen LogP contribution < -0.4 is 5.56 Å². The molecule has 0 radical (unpaired) electrons. The van der Waals surface area contributed by atoms with E-state index in [2.05, 4.69) is 20.5 Å². The summed E-state index contributed by atoms with van der Waals surface area (Å²) in [6.45, 7) is 3.03. The Kier molecular flexibility index (Phi) is 6.69. The zero-order valence-corrected chi connectivity index (χ0v) is 19.9. The van der Waals surface area contributed by atoms with E-state index in [-0.39, 0.29) is 23.7 Å². The zero-order chi connectivity index (χ0) is 24.0. The largest absolute Gasteiger partial charge is 0.506 e. The molecule has 2 aromatic heterocycles. The van der Waals surface area contributed by atoms with E-state index in [1.807, 2.05) is 25.2 Å². The van der Waals surface area contributed by atoms with Gasteiger partial charge in [-0.25, -0.2) is 9.18 Å². The Labute approximate surface area is 206 Å². The maximum absolute atomic E-state index is 13.5. The molecule has 0 spiro atoms. The second-order valence-corrected chi connectivity index (χ2v) is 8.69. The van der Waals surface area contributed by atoms with Crippen molar-refractivity contribution in [1.29, 1.82) is 0 Å². The number of pyridine rings is 1. The predicted octanol–water partition coefficient (Wildman–Crippen LogP) is 4.76. The Balaban J connectivity index is 0.00000289. The van der Waals surface area contributed by atoms with E-state index >= 15 is 0 Å². The third-order valence-electron chi connectivity index (χ3n) is 6.55. The smallest absolute Gasteiger partial charge is 0.345 e. The van der Waals surface area contributed by atoms with Gasteiger partial charge >= 0.3 is 5.97 Å². The molecule has 7 nitrogen and oxygen atoms in total. The quantitative estimate of drug-likeness (QED) is 0.369. The first-order chi connectivity index (χ1) is 16.3. The van der Waals surface area contributed by atoms with Gasteiger partial charge in [0.1, 0.15) is 11.6 Å². The number of likely N-dealkylation sites (tertiary alicyclic amines) is 1. The Bertz CT molecular complexity index is 1470. The number of H-pyrrole nitrogens is 1. The number of hydrogen-bond donors (Lipinski definition) is 3. The zero-order valence-electron chi connectivity index (χ0n) is 19.0. The summed E-state index contributed by atoms with van der Waals surface area (Å²) >= 11 is 0. The number of benzene rings is 2. The van der Waals surface area contributed by atoms with Crippen molar-refractivity contribution in [3.8, 4) is 28.1 Å². The van der Waals surface area contributed by atoms with E-state index in [9.17, 15) is 24.2 Å². The number of fused-ring (bicyclic) bond motifs is 1. The number of aryl methyl sites for hydroxylation is 1. The minimum absolute atomic E-state index is 0. The highest BCUT2D eigenvalue weighted by atomic mass is 35.5. The molecule has 3 N–H and O–H groups in total. The number of carbonyl (C=O) groups is 1. The van der Waals surface area contributed by atoms with Crippen molar-refractivity contribution in [2.75, 3.05) is 13.1 Å². The molecule has 1 aliphatic heterocycles. The molecule has 9 heteroatoms. The molecule has 0 atom stereocenters. The van der Waals surface area contributed by atoms with Crippen LogP contribution in [0.3, 0.4) is 0 Å². The van der Waals surface area contributed by atoms with E-state index in [0.29, 0.717) is 11.1 Å². The van der Waals surface area contributed by atoms with Crippen molar-refractivity contribution in [3.63, 3.8) is 0 Å². The van der Waals surface area contributed by atoms with Gasteiger partial charge in [0, 0.05) is 35.8 Å². The SMILES string of the molecule is Cl.Cn1c(CN2CCCC2)cc2cc(-c3[nH]c(=O)c(C(=O)O)c(O)c3-c3ccc(F)cc3)ccc21. The van der Waals surface area contributed by atoms with Crippen LogP contribution in [-0.2, 0) is 13.6 Å². The van der Waals surface area contributed by atoms with Crippen LogP contribution >= 0.6 is 12.4 Å². The Morgan fingerprint density at radius 1 is 1.06 bits per heavy atom. The lowest BCUT2D eigenvalue weighted by Gasteiger charge is -2.15. The van der Waals surface area contributed by atoms with Gasteiger partial charge in [-0.1, -0.05) is 18.2 Å². The topological polar surface area (TPSA) is 98.6 Å².